The molecule has 0 aromatic heterocycles. The second kappa shape index (κ2) is 6.24. The maximum atomic E-state index is 13.0. The fraction of sp³-hybridized carbons (Fsp3) is 0.333. The molecule has 5 nitrogen and oxygen atoms in total. The van der Waals surface area contributed by atoms with Gasteiger partial charge in [0.2, 0.25) is 5.91 Å². The number of nitrogens with two attached hydrogens (primary N) is 1. The molecule has 0 spiro atoms. The molecule has 0 saturated carbocycles. The summed E-state index contributed by atoms with van der Waals surface area (Å²) in [7, 11) is 0. The highest BCUT2D eigenvalue weighted by atomic mass is 19.2. The fourth-order valence-electron chi connectivity index (χ4n) is 1.41. The second-order valence-corrected chi connectivity index (χ2v) is 4.14. The molecule has 0 radical (unpaired) electrons. The van der Waals surface area contributed by atoms with Gasteiger partial charge in [-0.15, -0.1) is 0 Å². The molecule has 1 amide bonds. The van der Waals surface area contributed by atoms with Crippen molar-refractivity contribution in [1.82, 2.24) is 5.32 Å². The van der Waals surface area contributed by atoms with E-state index in [1.54, 1.807) is 0 Å². The maximum absolute atomic E-state index is 13.0. The van der Waals surface area contributed by atoms with Gasteiger partial charge in [-0.05, 0) is 24.6 Å². The Morgan fingerprint density at radius 2 is 2.00 bits per heavy atom. The Bertz CT molecular complexity index is 492. The molecular weight excluding hydrogens is 258 g/mol. The van der Waals surface area contributed by atoms with E-state index in [1.807, 2.05) is 0 Å². The van der Waals surface area contributed by atoms with Crippen LogP contribution in [0.5, 0.6) is 0 Å². The van der Waals surface area contributed by atoms with Crippen molar-refractivity contribution in [3.8, 4) is 0 Å². The zero-order valence-electron chi connectivity index (χ0n) is 10.2. The summed E-state index contributed by atoms with van der Waals surface area (Å²) in [6.07, 6.45) is -0.162. The molecule has 0 aliphatic carbocycles. The Morgan fingerprint density at radius 1 is 1.37 bits per heavy atom. The number of carbonyl (C=O) groups excluding carboxylic acids is 1. The SMILES string of the molecule is CC(N)C(=O)N[C@@H](Cc1ccc(F)c(F)c1)C(=O)O. The third-order valence-corrected chi connectivity index (χ3v) is 2.45. The second-order valence-electron chi connectivity index (χ2n) is 4.14. The van der Waals surface area contributed by atoms with Gasteiger partial charge in [0, 0.05) is 6.42 Å². The first-order chi connectivity index (χ1) is 8.81. The molecular formula is C12H14F2N2O3. The summed E-state index contributed by atoms with van der Waals surface area (Å²) in [6.45, 7) is 1.41. The van der Waals surface area contributed by atoms with Crippen LogP contribution in [-0.2, 0) is 16.0 Å². The molecule has 0 bridgehead atoms. The van der Waals surface area contributed by atoms with Gasteiger partial charge in [0.05, 0.1) is 6.04 Å². The van der Waals surface area contributed by atoms with Crippen LogP contribution in [0.2, 0.25) is 0 Å². The van der Waals surface area contributed by atoms with Crippen LogP contribution in [0.4, 0.5) is 8.78 Å². The minimum atomic E-state index is -1.28. The molecule has 0 aliphatic rings. The van der Waals surface area contributed by atoms with Gasteiger partial charge in [0.15, 0.2) is 11.6 Å². The summed E-state index contributed by atoms with van der Waals surface area (Å²) >= 11 is 0. The average Bonchev–Trinajstić information content (AvgIpc) is 2.32. The number of benzene rings is 1. The molecule has 0 heterocycles. The largest absolute Gasteiger partial charge is 0.480 e. The highest BCUT2D eigenvalue weighted by molar-refractivity contribution is 5.86. The number of amides is 1. The van der Waals surface area contributed by atoms with E-state index in [9.17, 15) is 18.4 Å². The average molecular weight is 272 g/mol. The van der Waals surface area contributed by atoms with Crippen molar-refractivity contribution in [2.45, 2.75) is 25.4 Å². The molecule has 1 unspecified atom stereocenters. The number of halogens is 2. The first-order valence-corrected chi connectivity index (χ1v) is 5.54. The number of rotatable bonds is 5. The molecule has 4 N–H and O–H groups in total. The third-order valence-electron chi connectivity index (χ3n) is 2.45. The summed E-state index contributed by atoms with van der Waals surface area (Å²) in [6, 6.07) is 0.947. The summed E-state index contributed by atoms with van der Waals surface area (Å²) in [4.78, 5) is 22.3. The van der Waals surface area contributed by atoms with E-state index in [-0.39, 0.29) is 12.0 Å². The van der Waals surface area contributed by atoms with Crippen LogP contribution in [0, 0.1) is 11.6 Å². The molecule has 104 valence electrons. The number of aliphatic carboxylic acids is 1. The van der Waals surface area contributed by atoms with Gasteiger partial charge < -0.3 is 16.2 Å². The van der Waals surface area contributed by atoms with E-state index in [2.05, 4.69) is 5.32 Å². The minimum Gasteiger partial charge on any atom is -0.480 e. The van der Waals surface area contributed by atoms with Crippen molar-refractivity contribution in [3.63, 3.8) is 0 Å². The monoisotopic (exact) mass is 272 g/mol. The molecule has 2 atom stereocenters. The number of carbonyl (C=O) groups is 2. The summed E-state index contributed by atoms with van der Waals surface area (Å²) in [5.41, 5.74) is 5.57. The van der Waals surface area contributed by atoms with Crippen LogP contribution in [0.25, 0.3) is 0 Å². The van der Waals surface area contributed by atoms with Gasteiger partial charge >= 0.3 is 5.97 Å². The summed E-state index contributed by atoms with van der Waals surface area (Å²) in [5.74, 6) is -4.00. The molecule has 1 aromatic rings. The Morgan fingerprint density at radius 3 is 2.47 bits per heavy atom. The first-order valence-electron chi connectivity index (χ1n) is 5.54. The lowest BCUT2D eigenvalue weighted by Crippen LogP contribution is -2.48. The van der Waals surface area contributed by atoms with Crippen LogP contribution >= 0.6 is 0 Å². The number of hydrogen-bond donors (Lipinski definition) is 3. The zero-order chi connectivity index (χ0) is 14.6. The van der Waals surface area contributed by atoms with Gasteiger partial charge in [-0.25, -0.2) is 13.6 Å². The minimum absolute atomic E-state index is 0.162. The molecule has 0 saturated heterocycles. The molecule has 0 fully saturated rings. The van der Waals surface area contributed by atoms with Crippen LogP contribution in [0.3, 0.4) is 0 Å². The van der Waals surface area contributed by atoms with Crippen molar-refractivity contribution < 1.29 is 23.5 Å². The molecule has 1 aromatic carbocycles. The number of nitrogens with one attached hydrogen (secondary N) is 1. The smallest absolute Gasteiger partial charge is 0.326 e. The van der Waals surface area contributed by atoms with E-state index < -0.39 is 35.6 Å². The Kier molecular flexibility index (Phi) is 4.94. The lowest BCUT2D eigenvalue weighted by Gasteiger charge is -2.16. The van der Waals surface area contributed by atoms with Gasteiger partial charge in [-0.2, -0.15) is 0 Å². The van der Waals surface area contributed by atoms with Crippen LogP contribution < -0.4 is 11.1 Å². The first kappa shape index (κ1) is 15.0. The highest BCUT2D eigenvalue weighted by Crippen LogP contribution is 2.10. The standard InChI is InChI=1S/C12H14F2N2O3/c1-6(15)11(17)16-10(12(18)19)5-7-2-3-8(13)9(14)4-7/h2-4,6,10H,5,15H2,1H3,(H,16,17)(H,18,19)/t6?,10-/m0/s1. The topological polar surface area (TPSA) is 92.4 Å². The summed E-state index contributed by atoms with van der Waals surface area (Å²) < 4.78 is 25.7. The lowest BCUT2D eigenvalue weighted by molar-refractivity contribution is -0.141. The Balaban J connectivity index is 2.81. The van der Waals surface area contributed by atoms with Crippen LogP contribution in [0.15, 0.2) is 18.2 Å². The van der Waals surface area contributed by atoms with E-state index in [4.69, 9.17) is 10.8 Å². The van der Waals surface area contributed by atoms with E-state index in [0.29, 0.717) is 0 Å². The van der Waals surface area contributed by atoms with E-state index in [1.165, 1.54) is 13.0 Å². The molecule has 7 heteroatoms. The predicted octanol–water partition coefficient (Wildman–Crippen LogP) is 0.424. The molecule has 1 rings (SSSR count). The lowest BCUT2D eigenvalue weighted by atomic mass is 10.1. The molecule has 19 heavy (non-hydrogen) atoms. The van der Waals surface area contributed by atoms with E-state index in [0.717, 1.165) is 12.1 Å². The van der Waals surface area contributed by atoms with Crippen molar-refractivity contribution in [1.29, 1.82) is 0 Å². The quantitative estimate of drug-likeness (QED) is 0.724. The van der Waals surface area contributed by atoms with Crippen molar-refractivity contribution in [2.75, 3.05) is 0 Å². The Labute approximate surface area is 108 Å². The third kappa shape index (κ3) is 4.29. The number of hydrogen-bond acceptors (Lipinski definition) is 3. The van der Waals surface area contributed by atoms with Gasteiger partial charge in [-0.3, -0.25) is 4.79 Å². The highest BCUT2D eigenvalue weighted by Gasteiger charge is 2.22. The van der Waals surface area contributed by atoms with Gasteiger partial charge in [0.25, 0.3) is 0 Å². The van der Waals surface area contributed by atoms with Crippen molar-refractivity contribution >= 4 is 11.9 Å². The van der Waals surface area contributed by atoms with E-state index >= 15 is 0 Å². The number of carboxylic acid groups (broad SMARTS) is 1. The summed E-state index contributed by atoms with van der Waals surface area (Å²) in [5, 5.41) is 11.2. The maximum Gasteiger partial charge on any atom is 0.326 e. The van der Waals surface area contributed by atoms with Gasteiger partial charge in [0.1, 0.15) is 6.04 Å². The zero-order valence-corrected chi connectivity index (χ0v) is 10.2. The normalized spacial score (nSPS) is 13.7. The number of carboxylic acids is 1. The van der Waals surface area contributed by atoms with Gasteiger partial charge in [-0.1, -0.05) is 6.07 Å². The van der Waals surface area contributed by atoms with Crippen molar-refractivity contribution in [3.05, 3.63) is 35.4 Å². The Hall–Kier alpha value is -2.02. The fourth-order valence-corrected chi connectivity index (χ4v) is 1.41. The van der Waals surface area contributed by atoms with Crippen molar-refractivity contribution in [2.24, 2.45) is 5.73 Å². The predicted molar refractivity (Wildman–Crippen MR) is 63.3 cm³/mol. The molecule has 0 aliphatic heterocycles. The van der Waals surface area contributed by atoms with Crippen LogP contribution in [-0.4, -0.2) is 29.1 Å². The van der Waals surface area contributed by atoms with Crippen LogP contribution in [0.1, 0.15) is 12.5 Å².